The van der Waals surface area contributed by atoms with Crippen molar-refractivity contribution in [3.63, 3.8) is 0 Å². The van der Waals surface area contributed by atoms with Gasteiger partial charge in [-0.1, -0.05) is 54.1 Å². The Bertz CT molecular complexity index is 887. The van der Waals surface area contributed by atoms with Crippen LogP contribution < -0.4 is 5.32 Å². The molecule has 27 heavy (non-hydrogen) atoms. The lowest BCUT2D eigenvalue weighted by atomic mass is 9.99. The van der Waals surface area contributed by atoms with E-state index in [4.69, 9.17) is 11.6 Å². The molecular weight excluding hydrogens is 384 g/mol. The predicted molar refractivity (Wildman–Crippen MR) is 106 cm³/mol. The van der Waals surface area contributed by atoms with Crippen LogP contribution in [0.5, 0.6) is 0 Å². The highest BCUT2D eigenvalue weighted by atomic mass is 35.5. The van der Waals surface area contributed by atoms with Gasteiger partial charge in [0, 0.05) is 19.6 Å². The van der Waals surface area contributed by atoms with Crippen LogP contribution in [0.15, 0.2) is 59.5 Å². The van der Waals surface area contributed by atoms with Crippen LogP contribution in [0.2, 0.25) is 5.02 Å². The van der Waals surface area contributed by atoms with E-state index in [1.165, 1.54) is 10.4 Å². The molecule has 0 radical (unpaired) electrons. The van der Waals surface area contributed by atoms with Crippen molar-refractivity contribution in [2.24, 2.45) is 5.92 Å². The van der Waals surface area contributed by atoms with Crippen molar-refractivity contribution in [1.29, 1.82) is 0 Å². The van der Waals surface area contributed by atoms with Crippen LogP contribution in [0.25, 0.3) is 0 Å². The highest BCUT2D eigenvalue weighted by molar-refractivity contribution is 7.89. The number of nitrogens with one attached hydrogen (secondary N) is 1. The van der Waals surface area contributed by atoms with Crippen LogP contribution in [0.4, 0.5) is 0 Å². The molecule has 1 N–H and O–H groups in total. The van der Waals surface area contributed by atoms with Crippen molar-refractivity contribution in [2.75, 3.05) is 19.6 Å². The third-order valence-electron chi connectivity index (χ3n) is 4.77. The number of rotatable bonds is 6. The lowest BCUT2D eigenvalue weighted by molar-refractivity contribution is -0.126. The fourth-order valence-electron chi connectivity index (χ4n) is 3.29. The van der Waals surface area contributed by atoms with Gasteiger partial charge in [0.2, 0.25) is 15.9 Å². The number of piperidine rings is 1. The summed E-state index contributed by atoms with van der Waals surface area (Å²) in [6, 6.07) is 16.3. The SMILES string of the molecule is O=C(NCCc1ccccc1)C1CCCN(S(=O)(=O)c2ccccc2Cl)C1. The summed E-state index contributed by atoms with van der Waals surface area (Å²) in [5, 5.41) is 3.14. The van der Waals surface area contributed by atoms with E-state index in [9.17, 15) is 13.2 Å². The summed E-state index contributed by atoms with van der Waals surface area (Å²) in [6.07, 6.45) is 2.09. The summed E-state index contributed by atoms with van der Waals surface area (Å²) in [5.41, 5.74) is 1.16. The zero-order chi connectivity index (χ0) is 19.3. The number of carbonyl (C=O) groups is 1. The molecule has 2 aromatic rings. The molecule has 0 spiro atoms. The highest BCUT2D eigenvalue weighted by Gasteiger charge is 2.34. The number of nitrogens with zero attached hydrogens (tertiary/aromatic N) is 1. The zero-order valence-electron chi connectivity index (χ0n) is 15.0. The fourth-order valence-corrected chi connectivity index (χ4v) is 5.30. The first-order valence-electron chi connectivity index (χ1n) is 9.05. The van der Waals surface area contributed by atoms with Gasteiger partial charge in [-0.25, -0.2) is 8.42 Å². The van der Waals surface area contributed by atoms with Gasteiger partial charge in [-0.15, -0.1) is 0 Å². The van der Waals surface area contributed by atoms with Crippen LogP contribution in [0.3, 0.4) is 0 Å². The minimum absolute atomic E-state index is 0.0926. The molecule has 2 aromatic carbocycles. The van der Waals surface area contributed by atoms with E-state index in [1.54, 1.807) is 18.2 Å². The Hall–Kier alpha value is -1.89. The van der Waals surface area contributed by atoms with Crippen molar-refractivity contribution < 1.29 is 13.2 Å². The number of hydrogen-bond donors (Lipinski definition) is 1. The number of amides is 1. The first kappa shape index (κ1) is 19.9. The van der Waals surface area contributed by atoms with E-state index < -0.39 is 10.0 Å². The van der Waals surface area contributed by atoms with Crippen LogP contribution in [0.1, 0.15) is 18.4 Å². The number of carbonyl (C=O) groups excluding carboxylic acids is 1. The third kappa shape index (κ3) is 4.89. The largest absolute Gasteiger partial charge is 0.355 e. The molecule has 0 aromatic heterocycles. The van der Waals surface area contributed by atoms with Gasteiger partial charge in [0.15, 0.2) is 0 Å². The number of sulfonamides is 1. The van der Waals surface area contributed by atoms with Crippen LogP contribution in [0, 0.1) is 5.92 Å². The summed E-state index contributed by atoms with van der Waals surface area (Å²) in [7, 11) is -3.70. The van der Waals surface area contributed by atoms with Gasteiger partial charge in [0.25, 0.3) is 0 Å². The number of hydrogen-bond acceptors (Lipinski definition) is 3. The van der Waals surface area contributed by atoms with Gasteiger partial charge in [0.1, 0.15) is 4.90 Å². The second kappa shape index (κ2) is 8.87. The lowest BCUT2D eigenvalue weighted by Crippen LogP contribution is -2.45. The van der Waals surface area contributed by atoms with E-state index in [-0.39, 0.29) is 28.3 Å². The molecule has 1 fully saturated rings. The molecule has 7 heteroatoms. The van der Waals surface area contributed by atoms with Crippen molar-refractivity contribution in [1.82, 2.24) is 9.62 Å². The standard InChI is InChI=1S/C20H23ClN2O3S/c21-18-10-4-5-11-19(18)27(25,26)23-14-6-9-17(15-23)20(24)22-13-12-16-7-2-1-3-8-16/h1-5,7-8,10-11,17H,6,9,12-15H2,(H,22,24). The third-order valence-corrected chi connectivity index (χ3v) is 7.13. The van der Waals surface area contributed by atoms with Gasteiger partial charge in [-0.05, 0) is 37.0 Å². The molecule has 5 nitrogen and oxygen atoms in total. The molecule has 144 valence electrons. The molecule has 1 saturated heterocycles. The first-order chi connectivity index (χ1) is 13.0. The van der Waals surface area contributed by atoms with Gasteiger partial charge in [-0.2, -0.15) is 4.31 Å². The monoisotopic (exact) mass is 406 g/mol. The second-order valence-corrected chi connectivity index (χ2v) is 8.97. The number of halogens is 1. The van der Waals surface area contributed by atoms with Gasteiger partial charge in [-0.3, -0.25) is 4.79 Å². The molecule has 1 amide bonds. The highest BCUT2D eigenvalue weighted by Crippen LogP contribution is 2.28. The molecule has 1 unspecified atom stereocenters. The lowest BCUT2D eigenvalue weighted by Gasteiger charge is -2.31. The normalized spacial score (nSPS) is 18.2. The summed E-state index contributed by atoms with van der Waals surface area (Å²) in [4.78, 5) is 12.6. The van der Waals surface area contributed by atoms with Crippen molar-refractivity contribution in [3.05, 3.63) is 65.2 Å². The Morgan fingerprint density at radius 1 is 1.11 bits per heavy atom. The van der Waals surface area contributed by atoms with Crippen molar-refractivity contribution in [2.45, 2.75) is 24.2 Å². The van der Waals surface area contributed by atoms with E-state index in [2.05, 4.69) is 5.32 Å². The molecule has 1 atom stereocenters. The summed E-state index contributed by atoms with van der Waals surface area (Å²) in [5.74, 6) is -0.434. The Kier molecular flexibility index (Phi) is 6.52. The maximum absolute atomic E-state index is 12.9. The van der Waals surface area contributed by atoms with E-state index in [0.717, 1.165) is 12.0 Å². The van der Waals surface area contributed by atoms with Crippen LogP contribution in [-0.2, 0) is 21.2 Å². The Morgan fingerprint density at radius 3 is 2.56 bits per heavy atom. The zero-order valence-corrected chi connectivity index (χ0v) is 16.5. The van der Waals surface area contributed by atoms with E-state index >= 15 is 0 Å². The molecular formula is C20H23ClN2O3S. The molecule has 0 saturated carbocycles. The smallest absolute Gasteiger partial charge is 0.244 e. The van der Waals surface area contributed by atoms with Crippen molar-refractivity contribution >= 4 is 27.5 Å². The minimum atomic E-state index is -3.70. The first-order valence-corrected chi connectivity index (χ1v) is 10.9. The summed E-state index contributed by atoms with van der Waals surface area (Å²) < 4.78 is 27.1. The molecule has 3 rings (SSSR count). The maximum atomic E-state index is 12.9. The van der Waals surface area contributed by atoms with E-state index in [1.807, 2.05) is 30.3 Å². The van der Waals surface area contributed by atoms with Gasteiger partial charge < -0.3 is 5.32 Å². The number of benzene rings is 2. The second-order valence-electron chi connectivity index (χ2n) is 6.66. The molecule has 1 heterocycles. The Balaban J connectivity index is 1.60. The van der Waals surface area contributed by atoms with Crippen molar-refractivity contribution in [3.8, 4) is 0 Å². The van der Waals surface area contributed by atoms with Crippen LogP contribution >= 0.6 is 11.6 Å². The molecule has 0 bridgehead atoms. The fraction of sp³-hybridized carbons (Fsp3) is 0.350. The Labute approximate surface area is 165 Å². The average Bonchev–Trinajstić information content (AvgIpc) is 2.69. The van der Waals surface area contributed by atoms with Gasteiger partial charge in [0.05, 0.1) is 10.9 Å². The maximum Gasteiger partial charge on any atom is 0.244 e. The molecule has 0 aliphatic carbocycles. The van der Waals surface area contributed by atoms with Crippen LogP contribution in [-0.4, -0.2) is 38.3 Å². The van der Waals surface area contributed by atoms with E-state index in [0.29, 0.717) is 25.9 Å². The molecule has 1 aliphatic rings. The quantitative estimate of drug-likeness (QED) is 0.801. The van der Waals surface area contributed by atoms with Gasteiger partial charge >= 0.3 is 0 Å². The topological polar surface area (TPSA) is 66.5 Å². The molecule has 1 aliphatic heterocycles. The predicted octanol–water partition coefficient (Wildman–Crippen LogP) is 3.10. The Morgan fingerprint density at radius 2 is 1.81 bits per heavy atom. The minimum Gasteiger partial charge on any atom is -0.355 e. The summed E-state index contributed by atoms with van der Waals surface area (Å²) >= 11 is 6.07. The summed E-state index contributed by atoms with van der Waals surface area (Å²) in [6.45, 7) is 1.13. The average molecular weight is 407 g/mol.